The van der Waals surface area contributed by atoms with E-state index in [0.29, 0.717) is 23.9 Å². The Bertz CT molecular complexity index is 798. The van der Waals surface area contributed by atoms with Gasteiger partial charge in [-0.05, 0) is 120 Å². The van der Waals surface area contributed by atoms with Gasteiger partial charge in [0.2, 0.25) is 5.91 Å². The summed E-state index contributed by atoms with van der Waals surface area (Å²) in [6.45, 7) is 3.00. The van der Waals surface area contributed by atoms with E-state index >= 15 is 0 Å². The third kappa shape index (κ3) is 7.35. The average Bonchev–Trinajstić information content (AvgIpc) is 2.84. The van der Waals surface area contributed by atoms with Crippen LogP contribution in [0.15, 0.2) is 24.3 Å². The number of likely N-dealkylation sites (tertiary alicyclic amines) is 1. The summed E-state index contributed by atoms with van der Waals surface area (Å²) in [5.41, 5.74) is 0.625. The summed E-state index contributed by atoms with van der Waals surface area (Å²) in [4.78, 5) is 27.6. The zero-order valence-electron chi connectivity index (χ0n) is 20.4. The van der Waals surface area contributed by atoms with Crippen LogP contribution in [-0.2, 0) is 4.79 Å². The highest BCUT2D eigenvalue weighted by atomic mass is 19.1. The van der Waals surface area contributed by atoms with Crippen LogP contribution >= 0.6 is 0 Å². The van der Waals surface area contributed by atoms with Crippen molar-refractivity contribution in [3.8, 4) is 0 Å². The van der Waals surface area contributed by atoms with Crippen LogP contribution in [0, 0.1) is 23.6 Å². The summed E-state index contributed by atoms with van der Waals surface area (Å²) < 4.78 is 13.1. The number of benzene rings is 1. The predicted molar refractivity (Wildman–Crippen MR) is 131 cm³/mol. The fraction of sp³-hybridized carbons (Fsp3) is 0.714. The number of ketones is 1. The Morgan fingerprint density at radius 2 is 1.65 bits per heavy atom. The van der Waals surface area contributed by atoms with Gasteiger partial charge in [0.1, 0.15) is 5.82 Å². The molecule has 1 aromatic rings. The smallest absolute Gasteiger partial charge is 0.220 e. The van der Waals surface area contributed by atoms with Crippen molar-refractivity contribution in [2.75, 3.05) is 19.6 Å². The van der Waals surface area contributed by atoms with Crippen molar-refractivity contribution in [1.82, 2.24) is 10.2 Å². The molecule has 0 bridgehead atoms. The van der Waals surface area contributed by atoms with Crippen molar-refractivity contribution in [2.45, 2.75) is 89.2 Å². The number of piperidine rings is 1. The van der Waals surface area contributed by atoms with E-state index in [0.717, 1.165) is 76.9 Å². The minimum atomic E-state index is -0.303. The molecule has 0 radical (unpaired) electrons. The van der Waals surface area contributed by atoms with Crippen molar-refractivity contribution in [1.29, 1.82) is 0 Å². The summed E-state index contributed by atoms with van der Waals surface area (Å²) in [6, 6.07) is 6.24. The lowest BCUT2D eigenvalue weighted by Crippen LogP contribution is -2.40. The lowest BCUT2D eigenvalue weighted by atomic mass is 9.83. The number of carbonyl (C=O) groups excluding carboxylic acids is 2. The van der Waals surface area contributed by atoms with Crippen molar-refractivity contribution in [3.63, 3.8) is 0 Å². The Hall–Kier alpha value is -1.79. The third-order valence-corrected chi connectivity index (χ3v) is 8.38. The second kappa shape index (κ2) is 12.3. The highest BCUT2D eigenvalue weighted by Crippen LogP contribution is 2.30. The molecular formula is C28H41FN2O3. The molecule has 0 aromatic heterocycles. The minimum absolute atomic E-state index is 0.0534. The second-order valence-corrected chi connectivity index (χ2v) is 11.0. The Balaban J connectivity index is 1.09. The number of hydrogen-bond acceptors (Lipinski definition) is 4. The molecule has 0 spiro atoms. The topological polar surface area (TPSA) is 69.6 Å². The summed E-state index contributed by atoms with van der Waals surface area (Å²) in [5, 5.41) is 13.1. The van der Waals surface area contributed by atoms with Crippen LogP contribution in [0.3, 0.4) is 0 Å². The molecule has 1 heterocycles. The van der Waals surface area contributed by atoms with E-state index in [-0.39, 0.29) is 29.5 Å². The molecule has 3 fully saturated rings. The summed E-state index contributed by atoms with van der Waals surface area (Å²) in [5.74, 6) is 1.14. The number of halogens is 1. The number of rotatable bonds is 8. The zero-order valence-corrected chi connectivity index (χ0v) is 20.4. The number of carbonyl (C=O) groups is 2. The Kier molecular flexibility index (Phi) is 9.12. The largest absolute Gasteiger partial charge is 0.393 e. The molecule has 0 unspecified atom stereocenters. The fourth-order valence-corrected chi connectivity index (χ4v) is 6.23. The molecule has 1 aromatic carbocycles. The van der Waals surface area contributed by atoms with Gasteiger partial charge in [-0.3, -0.25) is 9.59 Å². The predicted octanol–water partition coefficient (Wildman–Crippen LogP) is 4.73. The molecule has 6 heteroatoms. The molecule has 3 aliphatic rings. The highest BCUT2D eigenvalue weighted by molar-refractivity contribution is 5.97. The van der Waals surface area contributed by atoms with Gasteiger partial charge in [-0.15, -0.1) is 0 Å². The SMILES string of the molecule is O=C(C[C@@H]1CCC[C@H](O)C1)NC1CCC(CCN2CCC(C(=O)c3ccc(F)cc3)CC2)CC1. The van der Waals surface area contributed by atoms with E-state index in [1.807, 2.05) is 0 Å². The maximum absolute atomic E-state index is 13.1. The first-order valence-electron chi connectivity index (χ1n) is 13.5. The highest BCUT2D eigenvalue weighted by Gasteiger charge is 2.28. The second-order valence-electron chi connectivity index (χ2n) is 11.0. The van der Waals surface area contributed by atoms with Gasteiger partial charge in [0.25, 0.3) is 0 Å². The number of nitrogens with zero attached hydrogens (tertiary/aromatic N) is 1. The number of Topliss-reactive ketones (excluding diaryl/α,β-unsaturated/α-hetero) is 1. The molecule has 2 aliphatic carbocycles. The Morgan fingerprint density at radius 3 is 2.32 bits per heavy atom. The Morgan fingerprint density at radius 1 is 0.941 bits per heavy atom. The summed E-state index contributed by atoms with van der Waals surface area (Å²) in [6.07, 6.45) is 11.5. The molecule has 1 amide bonds. The molecule has 5 nitrogen and oxygen atoms in total. The van der Waals surface area contributed by atoms with E-state index in [1.165, 1.54) is 31.4 Å². The van der Waals surface area contributed by atoms with Gasteiger partial charge in [-0.2, -0.15) is 0 Å². The van der Waals surface area contributed by atoms with E-state index in [9.17, 15) is 19.1 Å². The first-order valence-corrected chi connectivity index (χ1v) is 13.5. The number of nitrogens with one attached hydrogen (secondary N) is 1. The average molecular weight is 473 g/mol. The first-order chi connectivity index (χ1) is 16.5. The van der Waals surface area contributed by atoms with Crippen LogP contribution in [-0.4, -0.2) is 53.5 Å². The standard InChI is InChI=1S/C28H41FN2O3/c29-24-8-6-22(7-9-24)28(34)23-13-16-31(17-14-23)15-12-20-4-10-25(11-5-20)30-27(33)19-21-2-1-3-26(32)18-21/h6-9,20-21,23,25-26,32H,1-5,10-19H2,(H,30,33)/t20?,21-,25?,26+/m1/s1. The van der Waals surface area contributed by atoms with E-state index in [1.54, 1.807) is 12.1 Å². The van der Waals surface area contributed by atoms with Crippen LogP contribution in [0.2, 0.25) is 0 Å². The van der Waals surface area contributed by atoms with Crippen LogP contribution in [0.1, 0.15) is 87.4 Å². The van der Waals surface area contributed by atoms with Gasteiger partial charge < -0.3 is 15.3 Å². The molecule has 2 saturated carbocycles. The quantitative estimate of drug-likeness (QED) is 0.537. The summed E-state index contributed by atoms with van der Waals surface area (Å²) >= 11 is 0. The van der Waals surface area contributed by atoms with Gasteiger partial charge >= 0.3 is 0 Å². The number of aliphatic hydroxyl groups excluding tert-OH is 1. The van der Waals surface area contributed by atoms with Crippen LogP contribution in [0.25, 0.3) is 0 Å². The molecular weight excluding hydrogens is 431 g/mol. The van der Waals surface area contributed by atoms with Crippen LogP contribution in [0.4, 0.5) is 4.39 Å². The lowest BCUT2D eigenvalue weighted by molar-refractivity contribution is -0.123. The summed E-state index contributed by atoms with van der Waals surface area (Å²) in [7, 11) is 0. The van der Waals surface area contributed by atoms with Crippen molar-refractivity contribution < 1.29 is 19.1 Å². The number of aliphatic hydroxyl groups is 1. The number of hydrogen-bond donors (Lipinski definition) is 2. The van der Waals surface area contributed by atoms with Crippen LogP contribution < -0.4 is 5.32 Å². The first kappa shape index (κ1) is 25.3. The zero-order chi connectivity index (χ0) is 23.9. The van der Waals surface area contributed by atoms with Gasteiger partial charge in [-0.25, -0.2) is 4.39 Å². The normalized spacial score (nSPS) is 29.0. The van der Waals surface area contributed by atoms with E-state index in [2.05, 4.69) is 10.2 Å². The molecule has 2 atom stereocenters. The lowest BCUT2D eigenvalue weighted by Gasteiger charge is -2.34. The maximum atomic E-state index is 13.1. The fourth-order valence-electron chi connectivity index (χ4n) is 6.23. The maximum Gasteiger partial charge on any atom is 0.220 e. The third-order valence-electron chi connectivity index (χ3n) is 8.38. The molecule has 2 N–H and O–H groups in total. The van der Waals surface area contributed by atoms with Crippen molar-refractivity contribution in [2.24, 2.45) is 17.8 Å². The van der Waals surface area contributed by atoms with Gasteiger partial charge in [0.15, 0.2) is 5.78 Å². The minimum Gasteiger partial charge on any atom is -0.393 e. The molecule has 4 rings (SSSR count). The molecule has 34 heavy (non-hydrogen) atoms. The molecule has 188 valence electrons. The van der Waals surface area contributed by atoms with Gasteiger partial charge in [0, 0.05) is 23.9 Å². The van der Waals surface area contributed by atoms with E-state index in [4.69, 9.17) is 0 Å². The van der Waals surface area contributed by atoms with Crippen molar-refractivity contribution >= 4 is 11.7 Å². The van der Waals surface area contributed by atoms with Crippen LogP contribution in [0.5, 0.6) is 0 Å². The van der Waals surface area contributed by atoms with Gasteiger partial charge in [0.05, 0.1) is 6.10 Å². The van der Waals surface area contributed by atoms with E-state index < -0.39 is 0 Å². The monoisotopic (exact) mass is 472 g/mol. The Labute approximate surface area is 203 Å². The molecule has 1 saturated heterocycles. The number of amides is 1. The molecule has 1 aliphatic heterocycles. The van der Waals surface area contributed by atoms with Crippen molar-refractivity contribution in [3.05, 3.63) is 35.6 Å². The van der Waals surface area contributed by atoms with Gasteiger partial charge in [-0.1, -0.05) is 6.42 Å².